The Hall–Kier alpha value is -1.65. The van der Waals surface area contributed by atoms with Crippen molar-refractivity contribution >= 4 is 17.4 Å². The molecule has 1 atom stereocenters. The highest BCUT2D eigenvalue weighted by atomic mass is 35.5. The standard InChI is InChI=1S/C16H19ClN4/c1-12-11-21(9-8-20(12)2)15-10-14(17)18-16(19-15)13-6-4-3-5-7-13/h3-7,10,12H,8-9,11H2,1-2H3. The summed E-state index contributed by atoms with van der Waals surface area (Å²) in [6, 6.07) is 12.3. The van der Waals surface area contributed by atoms with Gasteiger partial charge in [-0.15, -0.1) is 0 Å². The molecule has 5 heteroatoms. The molecule has 21 heavy (non-hydrogen) atoms. The van der Waals surface area contributed by atoms with Crippen LogP contribution in [0.15, 0.2) is 36.4 Å². The van der Waals surface area contributed by atoms with Crippen LogP contribution in [0.4, 0.5) is 5.82 Å². The number of anilines is 1. The zero-order chi connectivity index (χ0) is 14.8. The molecule has 1 saturated heterocycles. The van der Waals surface area contributed by atoms with E-state index in [4.69, 9.17) is 16.6 Å². The lowest BCUT2D eigenvalue weighted by Crippen LogP contribution is -2.50. The third kappa shape index (κ3) is 3.17. The number of rotatable bonds is 2. The quantitative estimate of drug-likeness (QED) is 0.799. The second-order valence-electron chi connectivity index (χ2n) is 5.51. The molecule has 2 heterocycles. The van der Waals surface area contributed by atoms with Crippen LogP contribution in [-0.2, 0) is 0 Å². The molecule has 0 N–H and O–H groups in total. The molecule has 0 radical (unpaired) electrons. The Morgan fingerprint density at radius 2 is 1.90 bits per heavy atom. The van der Waals surface area contributed by atoms with Gasteiger partial charge >= 0.3 is 0 Å². The minimum Gasteiger partial charge on any atom is -0.354 e. The van der Waals surface area contributed by atoms with Crippen molar-refractivity contribution in [3.63, 3.8) is 0 Å². The second kappa shape index (κ2) is 6.00. The predicted molar refractivity (Wildman–Crippen MR) is 86.8 cm³/mol. The maximum absolute atomic E-state index is 6.20. The van der Waals surface area contributed by atoms with Gasteiger partial charge in [0.15, 0.2) is 5.82 Å². The molecule has 1 fully saturated rings. The SMILES string of the molecule is CC1CN(c2cc(Cl)nc(-c3ccccc3)n2)CCN1C. The number of nitrogens with zero attached hydrogens (tertiary/aromatic N) is 4. The van der Waals surface area contributed by atoms with Crippen molar-refractivity contribution in [3.05, 3.63) is 41.6 Å². The number of piperazine rings is 1. The van der Waals surface area contributed by atoms with Crippen LogP contribution in [0.1, 0.15) is 6.92 Å². The first-order valence-electron chi connectivity index (χ1n) is 7.18. The lowest BCUT2D eigenvalue weighted by atomic mass is 10.2. The molecule has 1 aliphatic heterocycles. The molecule has 0 saturated carbocycles. The van der Waals surface area contributed by atoms with Crippen LogP contribution in [-0.4, -0.2) is 47.6 Å². The zero-order valence-corrected chi connectivity index (χ0v) is 13.1. The summed E-state index contributed by atoms with van der Waals surface area (Å²) >= 11 is 6.20. The topological polar surface area (TPSA) is 32.3 Å². The molecule has 4 nitrogen and oxygen atoms in total. The van der Waals surface area contributed by atoms with Gasteiger partial charge in [0, 0.05) is 37.3 Å². The van der Waals surface area contributed by atoms with E-state index in [2.05, 4.69) is 28.8 Å². The zero-order valence-electron chi connectivity index (χ0n) is 12.3. The van der Waals surface area contributed by atoms with Gasteiger partial charge < -0.3 is 9.80 Å². The van der Waals surface area contributed by atoms with E-state index in [0.717, 1.165) is 31.0 Å². The Labute approximate surface area is 130 Å². The smallest absolute Gasteiger partial charge is 0.163 e. The summed E-state index contributed by atoms with van der Waals surface area (Å²) in [5, 5.41) is 0.491. The van der Waals surface area contributed by atoms with Crippen LogP contribution in [0.5, 0.6) is 0 Å². The summed E-state index contributed by atoms with van der Waals surface area (Å²) < 4.78 is 0. The molecule has 3 rings (SSSR count). The summed E-state index contributed by atoms with van der Waals surface area (Å²) in [4.78, 5) is 13.7. The van der Waals surface area contributed by atoms with Crippen molar-refractivity contribution < 1.29 is 0 Å². The molecule has 1 unspecified atom stereocenters. The van der Waals surface area contributed by atoms with Crippen molar-refractivity contribution in [2.45, 2.75) is 13.0 Å². The summed E-state index contributed by atoms with van der Waals surface area (Å²) in [7, 11) is 2.16. The van der Waals surface area contributed by atoms with Gasteiger partial charge in [0.25, 0.3) is 0 Å². The van der Waals surface area contributed by atoms with E-state index in [1.807, 2.05) is 36.4 Å². The van der Waals surface area contributed by atoms with Gasteiger partial charge in [-0.2, -0.15) is 0 Å². The number of benzene rings is 1. The highest BCUT2D eigenvalue weighted by molar-refractivity contribution is 6.29. The normalized spacial score (nSPS) is 19.8. The summed E-state index contributed by atoms with van der Waals surface area (Å²) in [6.07, 6.45) is 0. The molecular weight excluding hydrogens is 284 g/mol. The van der Waals surface area contributed by atoms with Gasteiger partial charge in [0.2, 0.25) is 0 Å². The number of hydrogen-bond acceptors (Lipinski definition) is 4. The third-order valence-corrected chi connectivity index (χ3v) is 4.19. The first-order chi connectivity index (χ1) is 10.1. The summed E-state index contributed by atoms with van der Waals surface area (Å²) in [5.74, 6) is 1.60. The largest absolute Gasteiger partial charge is 0.354 e. The molecule has 0 bridgehead atoms. The Kier molecular flexibility index (Phi) is 4.08. The van der Waals surface area contributed by atoms with Gasteiger partial charge in [0.1, 0.15) is 11.0 Å². The van der Waals surface area contributed by atoms with Gasteiger partial charge in [-0.25, -0.2) is 9.97 Å². The van der Waals surface area contributed by atoms with E-state index in [-0.39, 0.29) is 0 Å². The summed E-state index contributed by atoms with van der Waals surface area (Å²) in [6.45, 7) is 5.18. The van der Waals surface area contributed by atoms with E-state index in [9.17, 15) is 0 Å². The average Bonchev–Trinajstić information content (AvgIpc) is 2.50. The minimum atomic E-state index is 0.491. The average molecular weight is 303 g/mol. The molecule has 1 aromatic carbocycles. The Morgan fingerprint density at radius 3 is 2.62 bits per heavy atom. The molecule has 1 aliphatic rings. The van der Waals surface area contributed by atoms with E-state index in [1.165, 1.54) is 0 Å². The van der Waals surface area contributed by atoms with Crippen LogP contribution in [0.2, 0.25) is 5.15 Å². The van der Waals surface area contributed by atoms with Crippen molar-refractivity contribution in [1.82, 2.24) is 14.9 Å². The first-order valence-corrected chi connectivity index (χ1v) is 7.56. The van der Waals surface area contributed by atoms with Crippen LogP contribution in [0.25, 0.3) is 11.4 Å². The predicted octanol–water partition coefficient (Wildman–Crippen LogP) is 2.94. The first kappa shape index (κ1) is 14.3. The van der Waals surface area contributed by atoms with Crippen molar-refractivity contribution in [1.29, 1.82) is 0 Å². The molecule has 0 aliphatic carbocycles. The number of hydrogen-bond donors (Lipinski definition) is 0. The van der Waals surface area contributed by atoms with Crippen molar-refractivity contribution in [2.24, 2.45) is 0 Å². The lowest BCUT2D eigenvalue weighted by molar-refractivity contribution is 0.233. The highest BCUT2D eigenvalue weighted by Gasteiger charge is 2.22. The maximum atomic E-state index is 6.20. The van der Waals surface area contributed by atoms with Gasteiger partial charge in [-0.1, -0.05) is 41.9 Å². The van der Waals surface area contributed by atoms with E-state index >= 15 is 0 Å². The third-order valence-electron chi connectivity index (χ3n) is 4.00. The molecule has 0 amide bonds. The molecule has 110 valence electrons. The number of aromatic nitrogens is 2. The molecule has 2 aromatic rings. The van der Waals surface area contributed by atoms with E-state index < -0.39 is 0 Å². The van der Waals surface area contributed by atoms with E-state index in [1.54, 1.807) is 0 Å². The monoisotopic (exact) mass is 302 g/mol. The number of halogens is 1. The van der Waals surface area contributed by atoms with Gasteiger partial charge in [0.05, 0.1) is 0 Å². The highest BCUT2D eigenvalue weighted by Crippen LogP contribution is 2.23. The Bertz CT molecular complexity index is 617. The summed E-state index contributed by atoms with van der Waals surface area (Å²) in [5.41, 5.74) is 0.989. The van der Waals surface area contributed by atoms with Crippen molar-refractivity contribution in [3.8, 4) is 11.4 Å². The minimum absolute atomic E-state index is 0.491. The molecule has 0 spiro atoms. The fourth-order valence-electron chi connectivity index (χ4n) is 2.54. The van der Waals surface area contributed by atoms with Gasteiger partial charge in [-0.3, -0.25) is 0 Å². The van der Waals surface area contributed by atoms with Crippen LogP contribution >= 0.6 is 11.6 Å². The molecular formula is C16H19ClN4. The number of likely N-dealkylation sites (N-methyl/N-ethyl adjacent to an activating group) is 1. The lowest BCUT2D eigenvalue weighted by Gasteiger charge is -2.38. The molecule has 1 aromatic heterocycles. The van der Waals surface area contributed by atoms with Crippen LogP contribution < -0.4 is 4.90 Å². The van der Waals surface area contributed by atoms with E-state index in [0.29, 0.717) is 17.0 Å². The van der Waals surface area contributed by atoms with Crippen molar-refractivity contribution in [2.75, 3.05) is 31.6 Å². The fourth-order valence-corrected chi connectivity index (χ4v) is 2.72. The van der Waals surface area contributed by atoms with Crippen LogP contribution in [0, 0.1) is 0 Å². The Balaban J connectivity index is 1.92. The second-order valence-corrected chi connectivity index (χ2v) is 5.90. The van der Waals surface area contributed by atoms with Crippen LogP contribution in [0.3, 0.4) is 0 Å². The fraction of sp³-hybridized carbons (Fsp3) is 0.375. The maximum Gasteiger partial charge on any atom is 0.163 e. The van der Waals surface area contributed by atoms with Gasteiger partial charge in [-0.05, 0) is 14.0 Å². The Morgan fingerprint density at radius 1 is 1.14 bits per heavy atom.